The van der Waals surface area contributed by atoms with E-state index in [0.29, 0.717) is 13.1 Å². The van der Waals surface area contributed by atoms with E-state index < -0.39 is 11.6 Å². The van der Waals surface area contributed by atoms with Gasteiger partial charge in [0.25, 0.3) is 0 Å². The van der Waals surface area contributed by atoms with Gasteiger partial charge < -0.3 is 16.0 Å². The highest BCUT2D eigenvalue weighted by Crippen LogP contribution is 2.15. The zero-order valence-corrected chi connectivity index (χ0v) is 9.12. The highest BCUT2D eigenvalue weighted by molar-refractivity contribution is 5.89. The van der Waals surface area contributed by atoms with Gasteiger partial charge in [0.05, 0.1) is 0 Å². The maximum absolute atomic E-state index is 12.9. The lowest BCUT2D eigenvalue weighted by Crippen LogP contribution is -2.35. The first-order valence-corrected chi connectivity index (χ1v) is 5.33. The first-order chi connectivity index (χ1) is 8.06. The second kappa shape index (κ2) is 4.67. The number of benzene rings is 1. The second-order valence-corrected chi connectivity index (χ2v) is 4.05. The van der Waals surface area contributed by atoms with Crippen LogP contribution in [-0.2, 0) is 0 Å². The Bertz CT molecular complexity index is 439. The Morgan fingerprint density at radius 3 is 2.76 bits per heavy atom. The minimum Gasteiger partial charge on any atom is -0.326 e. The lowest BCUT2D eigenvalue weighted by Gasteiger charge is -2.16. The van der Waals surface area contributed by atoms with Gasteiger partial charge in [-0.3, -0.25) is 0 Å². The molecular weight excluding hydrogens is 228 g/mol. The Balaban J connectivity index is 2.00. The van der Waals surface area contributed by atoms with Crippen molar-refractivity contribution in [3.63, 3.8) is 0 Å². The summed E-state index contributed by atoms with van der Waals surface area (Å²) in [4.78, 5) is 13.2. The van der Waals surface area contributed by atoms with E-state index in [1.165, 1.54) is 6.07 Å². The average Bonchev–Trinajstić information content (AvgIpc) is 2.70. The van der Waals surface area contributed by atoms with Crippen molar-refractivity contribution in [2.24, 2.45) is 5.73 Å². The summed E-state index contributed by atoms with van der Waals surface area (Å²) in [6.07, 6.45) is 0.755. The van der Waals surface area contributed by atoms with Crippen LogP contribution in [0, 0.1) is 11.6 Å². The van der Waals surface area contributed by atoms with Gasteiger partial charge in [-0.1, -0.05) is 0 Å². The number of carbonyl (C=O) groups excluding carboxylic acids is 1. The number of nitrogens with zero attached hydrogens (tertiary/aromatic N) is 1. The highest BCUT2D eigenvalue weighted by Gasteiger charge is 2.23. The average molecular weight is 241 g/mol. The van der Waals surface area contributed by atoms with Crippen LogP contribution in [0.15, 0.2) is 18.2 Å². The molecule has 1 aromatic carbocycles. The topological polar surface area (TPSA) is 58.4 Å². The van der Waals surface area contributed by atoms with Crippen LogP contribution in [0.2, 0.25) is 0 Å². The number of nitrogens with one attached hydrogen (secondary N) is 1. The number of nitrogens with two attached hydrogens (primary N) is 1. The predicted octanol–water partition coefficient (Wildman–Crippen LogP) is 1.53. The molecule has 1 fully saturated rings. The van der Waals surface area contributed by atoms with Gasteiger partial charge >= 0.3 is 6.03 Å². The van der Waals surface area contributed by atoms with E-state index in [2.05, 4.69) is 5.32 Å². The summed E-state index contributed by atoms with van der Waals surface area (Å²) in [5.74, 6) is -1.92. The summed E-state index contributed by atoms with van der Waals surface area (Å²) < 4.78 is 25.6. The van der Waals surface area contributed by atoms with E-state index >= 15 is 0 Å². The van der Waals surface area contributed by atoms with Gasteiger partial charge in [0.1, 0.15) is 0 Å². The highest BCUT2D eigenvalue weighted by atomic mass is 19.2. The fraction of sp³-hybridized carbons (Fsp3) is 0.364. The summed E-state index contributed by atoms with van der Waals surface area (Å²) >= 11 is 0. The summed E-state index contributed by atoms with van der Waals surface area (Å²) in [7, 11) is 0. The Labute approximate surface area is 97.4 Å². The van der Waals surface area contributed by atoms with Crippen LogP contribution >= 0.6 is 0 Å². The van der Waals surface area contributed by atoms with E-state index in [4.69, 9.17) is 5.73 Å². The molecule has 0 spiro atoms. The van der Waals surface area contributed by atoms with Gasteiger partial charge in [0.15, 0.2) is 11.6 Å². The van der Waals surface area contributed by atoms with E-state index in [9.17, 15) is 13.6 Å². The minimum absolute atomic E-state index is 0.00861. The molecule has 1 aliphatic rings. The van der Waals surface area contributed by atoms with Gasteiger partial charge in [-0.05, 0) is 18.6 Å². The lowest BCUT2D eigenvalue weighted by molar-refractivity contribution is 0.222. The van der Waals surface area contributed by atoms with Crippen LogP contribution in [0.5, 0.6) is 0 Å². The van der Waals surface area contributed by atoms with Crippen LogP contribution in [0.1, 0.15) is 6.42 Å². The van der Waals surface area contributed by atoms with E-state index in [1.54, 1.807) is 4.90 Å². The number of anilines is 1. The van der Waals surface area contributed by atoms with Gasteiger partial charge in [-0.15, -0.1) is 0 Å². The number of hydrogen-bond donors (Lipinski definition) is 2. The number of amides is 2. The Morgan fingerprint density at radius 2 is 2.18 bits per heavy atom. The fourth-order valence-electron chi connectivity index (χ4n) is 1.75. The number of carbonyl (C=O) groups is 1. The molecule has 0 aromatic heterocycles. The quantitative estimate of drug-likeness (QED) is 0.783. The van der Waals surface area contributed by atoms with E-state index in [1.807, 2.05) is 0 Å². The first kappa shape index (κ1) is 11.8. The largest absolute Gasteiger partial charge is 0.326 e. The Kier molecular flexibility index (Phi) is 3.23. The van der Waals surface area contributed by atoms with Crippen molar-refractivity contribution in [2.75, 3.05) is 18.4 Å². The number of likely N-dealkylation sites (tertiary alicyclic amines) is 1. The SMILES string of the molecule is N[C@H]1CCN(C(=O)Nc2ccc(F)c(F)c2)C1. The number of rotatable bonds is 1. The molecule has 0 unspecified atom stereocenters. The zero-order valence-electron chi connectivity index (χ0n) is 9.12. The molecule has 1 heterocycles. The van der Waals surface area contributed by atoms with Crippen molar-refractivity contribution < 1.29 is 13.6 Å². The monoisotopic (exact) mass is 241 g/mol. The van der Waals surface area contributed by atoms with Crippen LogP contribution in [0.25, 0.3) is 0 Å². The van der Waals surface area contributed by atoms with Gasteiger partial charge in [-0.2, -0.15) is 0 Å². The molecular formula is C11H13F2N3O. The van der Waals surface area contributed by atoms with Gasteiger partial charge in [-0.25, -0.2) is 13.6 Å². The standard InChI is InChI=1S/C11H13F2N3O/c12-9-2-1-8(5-10(9)13)15-11(17)16-4-3-7(14)6-16/h1-2,5,7H,3-4,6,14H2,(H,15,17)/t7-/m0/s1. The molecule has 2 rings (SSSR count). The van der Waals surface area contributed by atoms with Crippen molar-refractivity contribution >= 4 is 11.7 Å². The zero-order chi connectivity index (χ0) is 12.4. The predicted molar refractivity (Wildman–Crippen MR) is 59.5 cm³/mol. The molecule has 4 nitrogen and oxygen atoms in total. The third kappa shape index (κ3) is 2.71. The summed E-state index contributed by atoms with van der Waals surface area (Å²) in [5, 5.41) is 2.50. The molecule has 0 radical (unpaired) electrons. The maximum atomic E-state index is 12.9. The van der Waals surface area contributed by atoms with Crippen LogP contribution in [0.3, 0.4) is 0 Å². The van der Waals surface area contributed by atoms with Crippen molar-refractivity contribution in [3.8, 4) is 0 Å². The molecule has 17 heavy (non-hydrogen) atoms. The molecule has 1 saturated heterocycles. The molecule has 1 aliphatic heterocycles. The second-order valence-electron chi connectivity index (χ2n) is 4.05. The first-order valence-electron chi connectivity index (χ1n) is 5.33. The Hall–Kier alpha value is -1.69. The number of urea groups is 1. The Morgan fingerprint density at radius 1 is 1.41 bits per heavy atom. The number of halogens is 2. The van der Waals surface area contributed by atoms with E-state index in [0.717, 1.165) is 18.6 Å². The molecule has 0 saturated carbocycles. The van der Waals surface area contributed by atoms with Crippen LogP contribution in [-0.4, -0.2) is 30.1 Å². The van der Waals surface area contributed by atoms with E-state index in [-0.39, 0.29) is 17.8 Å². The van der Waals surface area contributed by atoms with Crippen molar-refractivity contribution in [1.29, 1.82) is 0 Å². The van der Waals surface area contributed by atoms with Crippen LogP contribution < -0.4 is 11.1 Å². The molecule has 2 amide bonds. The molecule has 3 N–H and O–H groups in total. The van der Waals surface area contributed by atoms with Crippen molar-refractivity contribution in [2.45, 2.75) is 12.5 Å². The van der Waals surface area contributed by atoms with Gasteiger partial charge in [0, 0.05) is 30.9 Å². The normalized spacial score (nSPS) is 19.5. The molecule has 6 heteroatoms. The minimum atomic E-state index is -0.985. The third-order valence-electron chi connectivity index (χ3n) is 2.68. The molecule has 1 aromatic rings. The maximum Gasteiger partial charge on any atom is 0.321 e. The van der Waals surface area contributed by atoms with Crippen molar-refractivity contribution in [3.05, 3.63) is 29.8 Å². The summed E-state index contributed by atoms with van der Waals surface area (Å²) in [6, 6.07) is 2.88. The number of hydrogen-bond acceptors (Lipinski definition) is 2. The third-order valence-corrected chi connectivity index (χ3v) is 2.68. The summed E-state index contributed by atoms with van der Waals surface area (Å²) in [6.45, 7) is 1.06. The lowest BCUT2D eigenvalue weighted by atomic mass is 10.3. The fourth-order valence-corrected chi connectivity index (χ4v) is 1.75. The van der Waals surface area contributed by atoms with Gasteiger partial charge in [0.2, 0.25) is 0 Å². The molecule has 0 aliphatic carbocycles. The smallest absolute Gasteiger partial charge is 0.321 e. The molecule has 92 valence electrons. The molecule has 0 bridgehead atoms. The van der Waals surface area contributed by atoms with Crippen LogP contribution in [0.4, 0.5) is 19.3 Å². The summed E-state index contributed by atoms with van der Waals surface area (Å²) in [5.41, 5.74) is 5.90. The van der Waals surface area contributed by atoms with Crippen molar-refractivity contribution in [1.82, 2.24) is 4.90 Å². The molecule has 1 atom stereocenters.